The number of allylic oxidation sites excluding steroid dienone is 2. The molecule has 0 bridgehead atoms. The van der Waals surface area contributed by atoms with Gasteiger partial charge in [0.15, 0.2) is 0 Å². The molecule has 3 rings (SSSR count). The van der Waals surface area contributed by atoms with E-state index in [2.05, 4.69) is 53.5 Å². The molecule has 0 amide bonds. The molecular formula is C17H18P2. The van der Waals surface area contributed by atoms with Crippen molar-refractivity contribution in [2.24, 2.45) is 0 Å². The molecule has 0 saturated heterocycles. The first-order valence-electron chi connectivity index (χ1n) is 6.93. The van der Waals surface area contributed by atoms with Crippen molar-refractivity contribution in [2.75, 3.05) is 0 Å². The van der Waals surface area contributed by atoms with E-state index in [0.717, 1.165) is 5.92 Å². The molecule has 0 N–H and O–H groups in total. The Bertz CT molecular complexity index is 546. The second-order valence-corrected chi connectivity index (χ2v) is 6.86. The van der Waals surface area contributed by atoms with Crippen molar-refractivity contribution < 1.29 is 0 Å². The molecule has 0 aliphatic heterocycles. The van der Waals surface area contributed by atoms with Crippen LogP contribution in [0.4, 0.5) is 0 Å². The predicted octanol–water partition coefficient (Wildman–Crippen LogP) is 6.59. The maximum Gasteiger partial charge on any atom is -0.0127 e. The average molecular weight is 284 g/mol. The summed E-state index contributed by atoms with van der Waals surface area (Å²) < 4.78 is 0. The molecule has 1 unspecified atom stereocenters. The third-order valence-corrected chi connectivity index (χ3v) is 5.16. The van der Waals surface area contributed by atoms with Gasteiger partial charge in [-0.05, 0) is 71.5 Å². The van der Waals surface area contributed by atoms with E-state index in [1.807, 2.05) is 0 Å². The Kier molecular flexibility index (Phi) is 4.44. The molecule has 2 heterocycles. The molecule has 0 fully saturated rings. The minimum Gasteiger partial charge on any atom is -0.0801 e. The van der Waals surface area contributed by atoms with Gasteiger partial charge in [-0.1, -0.05) is 46.7 Å². The van der Waals surface area contributed by atoms with Crippen molar-refractivity contribution in [3.8, 4) is 0 Å². The summed E-state index contributed by atoms with van der Waals surface area (Å²) in [7, 11) is 2.64. The summed E-state index contributed by atoms with van der Waals surface area (Å²) in [5, 5.41) is 0. The van der Waals surface area contributed by atoms with Crippen molar-refractivity contribution in [1.29, 1.82) is 0 Å². The number of hydrogen-bond acceptors (Lipinski definition) is 0. The third kappa shape index (κ3) is 3.33. The molecular weight excluding hydrogens is 266 g/mol. The predicted molar refractivity (Wildman–Crippen MR) is 87.1 cm³/mol. The van der Waals surface area contributed by atoms with E-state index >= 15 is 0 Å². The summed E-state index contributed by atoms with van der Waals surface area (Å²) in [6.07, 6.45) is 7.53. The fraction of sp³-hybridized carbons (Fsp3) is 0.294. The molecule has 19 heavy (non-hydrogen) atoms. The Morgan fingerprint density at radius 2 is 1.58 bits per heavy atom. The lowest BCUT2D eigenvalue weighted by atomic mass is 9.93. The van der Waals surface area contributed by atoms with Gasteiger partial charge in [0.1, 0.15) is 0 Å². The highest BCUT2D eigenvalue weighted by Gasteiger charge is 2.14. The van der Waals surface area contributed by atoms with Gasteiger partial charge in [-0.25, -0.2) is 0 Å². The fourth-order valence-electron chi connectivity index (χ4n) is 2.81. The van der Waals surface area contributed by atoms with E-state index in [4.69, 9.17) is 0 Å². The lowest BCUT2D eigenvalue weighted by Crippen LogP contribution is -1.95. The van der Waals surface area contributed by atoms with Crippen LogP contribution in [0.15, 0.2) is 53.5 Å². The smallest absolute Gasteiger partial charge is 0.0127 e. The van der Waals surface area contributed by atoms with Crippen LogP contribution < -0.4 is 0 Å². The SMILES string of the molecule is C1=C(c2ccpcc2)CCCC(c2ccpcc2)C1. The van der Waals surface area contributed by atoms with Crippen LogP contribution in [-0.2, 0) is 0 Å². The van der Waals surface area contributed by atoms with Crippen molar-refractivity contribution >= 4 is 22.0 Å². The second kappa shape index (κ2) is 6.47. The van der Waals surface area contributed by atoms with Crippen LogP contribution in [0.1, 0.15) is 42.7 Å². The van der Waals surface area contributed by atoms with Crippen LogP contribution in [0.5, 0.6) is 0 Å². The minimum absolute atomic E-state index is 0.718. The Morgan fingerprint density at radius 1 is 0.895 bits per heavy atom. The van der Waals surface area contributed by atoms with Crippen LogP contribution in [-0.4, -0.2) is 0 Å². The fourth-order valence-corrected chi connectivity index (χ4v) is 4.02. The first-order valence-corrected chi connectivity index (χ1v) is 8.99. The zero-order chi connectivity index (χ0) is 12.9. The van der Waals surface area contributed by atoms with Gasteiger partial charge in [-0.15, -0.1) is 0 Å². The Hall–Kier alpha value is -0.960. The summed E-state index contributed by atoms with van der Waals surface area (Å²) in [6, 6.07) is 9.19. The maximum atomic E-state index is 2.48. The minimum atomic E-state index is 0.718. The quantitative estimate of drug-likeness (QED) is 0.583. The molecule has 0 radical (unpaired) electrons. The molecule has 96 valence electrons. The van der Waals surface area contributed by atoms with E-state index in [9.17, 15) is 0 Å². The Balaban J connectivity index is 1.79. The van der Waals surface area contributed by atoms with Crippen LogP contribution in [0, 0.1) is 0 Å². The monoisotopic (exact) mass is 284 g/mol. The summed E-state index contributed by atoms with van der Waals surface area (Å²) in [4.78, 5) is 0. The highest BCUT2D eigenvalue weighted by atomic mass is 31.0. The topological polar surface area (TPSA) is 0 Å². The van der Waals surface area contributed by atoms with Crippen LogP contribution in [0.2, 0.25) is 0 Å². The van der Waals surface area contributed by atoms with Gasteiger partial charge in [0.2, 0.25) is 0 Å². The Morgan fingerprint density at radius 3 is 2.32 bits per heavy atom. The van der Waals surface area contributed by atoms with Crippen molar-refractivity contribution in [1.82, 2.24) is 0 Å². The van der Waals surface area contributed by atoms with E-state index in [0.29, 0.717) is 0 Å². The first kappa shape index (κ1) is 13.0. The zero-order valence-corrected chi connectivity index (χ0v) is 12.8. The first-order chi connectivity index (χ1) is 9.43. The van der Waals surface area contributed by atoms with Crippen molar-refractivity contribution in [3.05, 3.63) is 64.7 Å². The lowest BCUT2D eigenvalue weighted by Gasteiger charge is -2.12. The average Bonchev–Trinajstić information content (AvgIpc) is 2.75. The largest absolute Gasteiger partial charge is 0.0801 e. The molecule has 1 aliphatic rings. The van der Waals surface area contributed by atoms with E-state index in [-0.39, 0.29) is 0 Å². The molecule has 1 aliphatic carbocycles. The Labute approximate surface area is 118 Å². The molecule has 1 atom stereocenters. The van der Waals surface area contributed by atoms with Crippen molar-refractivity contribution in [2.45, 2.75) is 31.6 Å². The van der Waals surface area contributed by atoms with Crippen LogP contribution in [0.3, 0.4) is 0 Å². The van der Waals surface area contributed by atoms with Gasteiger partial charge in [-0.2, -0.15) is 0 Å². The molecule has 2 aromatic heterocycles. The van der Waals surface area contributed by atoms with Crippen molar-refractivity contribution in [3.63, 3.8) is 0 Å². The summed E-state index contributed by atoms with van der Waals surface area (Å²) >= 11 is 0. The number of hydrogen-bond donors (Lipinski definition) is 0. The van der Waals surface area contributed by atoms with E-state index < -0.39 is 0 Å². The maximum absolute atomic E-state index is 2.48. The summed E-state index contributed by atoms with van der Waals surface area (Å²) in [5.74, 6) is 9.70. The summed E-state index contributed by atoms with van der Waals surface area (Å²) in [5.41, 5.74) is 4.50. The van der Waals surface area contributed by atoms with Gasteiger partial charge in [-0.3, -0.25) is 0 Å². The molecule has 0 nitrogen and oxygen atoms in total. The van der Waals surface area contributed by atoms with Crippen LogP contribution >= 0.6 is 16.4 Å². The third-order valence-electron chi connectivity index (χ3n) is 3.88. The molecule has 2 heteroatoms. The molecule has 0 saturated carbocycles. The molecule has 0 spiro atoms. The number of rotatable bonds is 2. The molecule has 0 aromatic carbocycles. The van der Waals surface area contributed by atoms with Gasteiger partial charge in [0, 0.05) is 0 Å². The highest BCUT2D eigenvalue weighted by molar-refractivity contribution is 7.28. The van der Waals surface area contributed by atoms with E-state index in [1.165, 1.54) is 53.2 Å². The zero-order valence-electron chi connectivity index (χ0n) is 11.0. The van der Waals surface area contributed by atoms with Gasteiger partial charge >= 0.3 is 0 Å². The van der Waals surface area contributed by atoms with E-state index in [1.54, 1.807) is 5.57 Å². The van der Waals surface area contributed by atoms with Gasteiger partial charge < -0.3 is 0 Å². The standard InChI is InChI=1S/C17H18P2/c1-2-14(16-6-10-18-11-7-16)4-5-15(3-1)17-8-12-19-13-9-17/h4,6-13,15H,1-3,5H2. The van der Waals surface area contributed by atoms with Gasteiger partial charge in [0.05, 0.1) is 0 Å². The van der Waals surface area contributed by atoms with Crippen LogP contribution in [0.25, 0.3) is 5.57 Å². The molecule has 2 aromatic rings. The second-order valence-electron chi connectivity index (χ2n) is 5.07. The summed E-state index contributed by atoms with van der Waals surface area (Å²) in [6.45, 7) is 0. The lowest BCUT2D eigenvalue weighted by molar-refractivity contribution is 0.620. The normalized spacial score (nSPS) is 19.6. The highest BCUT2D eigenvalue weighted by Crippen LogP contribution is 2.34. The van der Waals surface area contributed by atoms with Gasteiger partial charge in [0.25, 0.3) is 0 Å².